The highest BCUT2D eigenvalue weighted by Gasteiger charge is 2.34. The van der Waals surface area contributed by atoms with Crippen LogP contribution in [0.4, 0.5) is 13.2 Å². The van der Waals surface area contributed by atoms with Gasteiger partial charge in [-0.25, -0.2) is 0 Å². The number of nitrogens with zero attached hydrogens (tertiary/aromatic N) is 1. The lowest BCUT2D eigenvalue weighted by Gasteiger charge is -2.10. The summed E-state index contributed by atoms with van der Waals surface area (Å²) < 4.78 is 36.9. The monoisotopic (exact) mass is 273 g/mol. The molecule has 0 amide bonds. The van der Waals surface area contributed by atoms with E-state index in [1.807, 2.05) is 0 Å². The van der Waals surface area contributed by atoms with Crippen molar-refractivity contribution in [1.82, 2.24) is 4.98 Å². The van der Waals surface area contributed by atoms with E-state index in [0.29, 0.717) is 0 Å². The van der Waals surface area contributed by atoms with E-state index in [1.54, 1.807) is 0 Å². The fourth-order valence-corrected chi connectivity index (χ4v) is 1.83. The average molecular weight is 274 g/mol. The fourth-order valence-electron chi connectivity index (χ4n) is 0.842. The van der Waals surface area contributed by atoms with Gasteiger partial charge in [0.2, 0.25) is 0 Å². The SMILES string of the molecule is FC(F)(F)c1cncc(Cl)c1CBr. The Balaban J connectivity index is 3.29. The highest BCUT2D eigenvalue weighted by molar-refractivity contribution is 9.08. The maximum atomic E-state index is 12.3. The molecular weight excluding hydrogens is 270 g/mol. The van der Waals surface area contributed by atoms with Crippen LogP contribution in [0.25, 0.3) is 0 Å². The summed E-state index contributed by atoms with van der Waals surface area (Å²) in [6.45, 7) is 0. The van der Waals surface area contributed by atoms with E-state index in [2.05, 4.69) is 20.9 Å². The highest BCUT2D eigenvalue weighted by Crippen LogP contribution is 2.35. The molecule has 0 unspecified atom stereocenters. The van der Waals surface area contributed by atoms with Gasteiger partial charge in [0.15, 0.2) is 0 Å². The van der Waals surface area contributed by atoms with Crippen molar-refractivity contribution in [2.75, 3.05) is 0 Å². The van der Waals surface area contributed by atoms with Gasteiger partial charge in [0.25, 0.3) is 0 Å². The van der Waals surface area contributed by atoms with Gasteiger partial charge in [0.05, 0.1) is 10.6 Å². The number of aromatic nitrogens is 1. The van der Waals surface area contributed by atoms with Crippen LogP contribution in [-0.2, 0) is 11.5 Å². The summed E-state index contributed by atoms with van der Waals surface area (Å²) in [6, 6.07) is 0. The zero-order chi connectivity index (χ0) is 10.1. The minimum Gasteiger partial charge on any atom is -0.263 e. The molecule has 0 aromatic carbocycles. The van der Waals surface area contributed by atoms with E-state index < -0.39 is 11.7 Å². The van der Waals surface area contributed by atoms with Crippen molar-refractivity contribution in [3.05, 3.63) is 28.5 Å². The molecule has 0 atom stereocenters. The number of rotatable bonds is 1. The molecule has 1 heterocycles. The van der Waals surface area contributed by atoms with E-state index >= 15 is 0 Å². The maximum absolute atomic E-state index is 12.3. The molecule has 1 aromatic rings. The molecule has 72 valence electrons. The third-order valence-corrected chi connectivity index (χ3v) is 2.33. The molecule has 0 aliphatic heterocycles. The molecule has 0 radical (unpaired) electrons. The van der Waals surface area contributed by atoms with Gasteiger partial charge >= 0.3 is 6.18 Å². The van der Waals surface area contributed by atoms with Gasteiger partial charge in [-0.1, -0.05) is 27.5 Å². The van der Waals surface area contributed by atoms with Crippen LogP contribution in [-0.4, -0.2) is 4.98 Å². The van der Waals surface area contributed by atoms with Crippen molar-refractivity contribution in [1.29, 1.82) is 0 Å². The van der Waals surface area contributed by atoms with Gasteiger partial charge in [-0.2, -0.15) is 13.2 Å². The Bertz CT molecular complexity index is 313. The summed E-state index contributed by atoms with van der Waals surface area (Å²) in [4.78, 5) is 3.39. The first kappa shape index (κ1) is 10.8. The predicted molar refractivity (Wildman–Crippen MR) is 46.9 cm³/mol. The minimum atomic E-state index is -4.40. The largest absolute Gasteiger partial charge is 0.418 e. The van der Waals surface area contributed by atoms with E-state index in [9.17, 15) is 13.2 Å². The molecule has 1 rings (SSSR count). The second-order valence-electron chi connectivity index (χ2n) is 2.28. The van der Waals surface area contributed by atoms with Crippen molar-refractivity contribution < 1.29 is 13.2 Å². The predicted octanol–water partition coefficient (Wildman–Crippen LogP) is 3.65. The van der Waals surface area contributed by atoms with Gasteiger partial charge < -0.3 is 0 Å². The molecule has 1 nitrogen and oxygen atoms in total. The van der Waals surface area contributed by atoms with E-state index in [-0.39, 0.29) is 15.9 Å². The molecular formula is C7H4BrClF3N. The average Bonchev–Trinajstić information content (AvgIpc) is 2.02. The Morgan fingerprint density at radius 2 is 2.00 bits per heavy atom. The quantitative estimate of drug-likeness (QED) is 0.712. The molecule has 0 fully saturated rings. The minimum absolute atomic E-state index is 0.0177. The summed E-state index contributed by atoms with van der Waals surface area (Å²) in [6.07, 6.45) is -2.45. The number of hydrogen-bond donors (Lipinski definition) is 0. The normalized spacial score (nSPS) is 11.8. The molecule has 1 aromatic heterocycles. The summed E-state index contributed by atoms with van der Waals surface area (Å²) in [7, 11) is 0. The van der Waals surface area contributed by atoms with Crippen LogP contribution in [0.3, 0.4) is 0 Å². The summed E-state index contributed by atoms with van der Waals surface area (Å²) in [5, 5.41) is 0.0788. The van der Waals surface area contributed by atoms with Gasteiger partial charge in [-0.3, -0.25) is 4.98 Å². The first-order valence-electron chi connectivity index (χ1n) is 3.22. The molecule has 0 bridgehead atoms. The summed E-state index contributed by atoms with van der Waals surface area (Å²) in [5.74, 6) is 0. The van der Waals surface area contributed by atoms with E-state index in [4.69, 9.17) is 11.6 Å². The maximum Gasteiger partial charge on any atom is 0.418 e. The molecule has 0 saturated heterocycles. The lowest BCUT2D eigenvalue weighted by atomic mass is 10.1. The molecule has 6 heteroatoms. The smallest absolute Gasteiger partial charge is 0.263 e. The van der Waals surface area contributed by atoms with Crippen LogP contribution in [0.1, 0.15) is 11.1 Å². The van der Waals surface area contributed by atoms with Gasteiger partial charge in [0.1, 0.15) is 0 Å². The third-order valence-electron chi connectivity index (χ3n) is 1.44. The Labute approximate surface area is 86.0 Å². The third kappa shape index (κ3) is 2.34. The van der Waals surface area contributed by atoms with Crippen molar-refractivity contribution in [2.45, 2.75) is 11.5 Å². The van der Waals surface area contributed by atoms with Crippen LogP contribution in [0.2, 0.25) is 5.02 Å². The van der Waals surface area contributed by atoms with Crippen molar-refractivity contribution in [2.24, 2.45) is 0 Å². The van der Waals surface area contributed by atoms with Crippen molar-refractivity contribution in [3.8, 4) is 0 Å². The Morgan fingerprint density at radius 1 is 1.38 bits per heavy atom. The van der Waals surface area contributed by atoms with Crippen molar-refractivity contribution in [3.63, 3.8) is 0 Å². The van der Waals surface area contributed by atoms with Gasteiger partial charge in [-0.15, -0.1) is 0 Å². The molecule has 0 aliphatic rings. The Kier molecular flexibility index (Phi) is 3.18. The van der Waals surface area contributed by atoms with Crippen LogP contribution >= 0.6 is 27.5 Å². The molecule has 0 N–H and O–H groups in total. The molecule has 13 heavy (non-hydrogen) atoms. The standard InChI is InChI=1S/C7H4BrClF3N/c8-1-4-5(7(10,11)12)2-13-3-6(4)9/h2-3H,1H2. The van der Waals surface area contributed by atoms with Gasteiger partial charge in [-0.05, 0) is 5.56 Å². The zero-order valence-corrected chi connectivity index (χ0v) is 8.54. The second-order valence-corrected chi connectivity index (χ2v) is 3.25. The Morgan fingerprint density at radius 3 is 2.38 bits per heavy atom. The Hall–Kier alpha value is -0.290. The number of alkyl halides is 4. The second kappa shape index (κ2) is 3.84. The van der Waals surface area contributed by atoms with Crippen LogP contribution in [0.5, 0.6) is 0 Å². The van der Waals surface area contributed by atoms with Crippen LogP contribution < -0.4 is 0 Å². The molecule has 0 spiro atoms. The van der Waals surface area contributed by atoms with Crippen molar-refractivity contribution >= 4 is 27.5 Å². The van der Waals surface area contributed by atoms with Crippen LogP contribution in [0, 0.1) is 0 Å². The zero-order valence-electron chi connectivity index (χ0n) is 6.20. The number of halogens is 5. The first-order valence-corrected chi connectivity index (χ1v) is 4.72. The van der Waals surface area contributed by atoms with E-state index in [0.717, 1.165) is 6.20 Å². The highest BCUT2D eigenvalue weighted by atomic mass is 79.9. The number of hydrogen-bond acceptors (Lipinski definition) is 1. The molecule has 0 saturated carbocycles. The van der Waals surface area contributed by atoms with Gasteiger partial charge in [0, 0.05) is 17.7 Å². The summed E-state index contributed by atoms with van der Waals surface area (Å²) in [5.41, 5.74) is -0.777. The van der Waals surface area contributed by atoms with E-state index in [1.165, 1.54) is 6.20 Å². The van der Waals surface area contributed by atoms with Crippen LogP contribution in [0.15, 0.2) is 12.4 Å². The fraction of sp³-hybridized carbons (Fsp3) is 0.286. The summed E-state index contributed by atoms with van der Waals surface area (Å²) >= 11 is 8.48. The topological polar surface area (TPSA) is 12.9 Å². The lowest BCUT2D eigenvalue weighted by molar-refractivity contribution is -0.138. The first-order chi connectivity index (χ1) is 5.96. The lowest BCUT2D eigenvalue weighted by Crippen LogP contribution is -2.09. The number of pyridine rings is 1. The molecule has 0 aliphatic carbocycles.